The van der Waals surface area contributed by atoms with Gasteiger partial charge in [-0.15, -0.1) is 5.10 Å². The molecule has 1 aliphatic rings. The molecule has 3 rings (SSSR count). The molecule has 1 saturated heterocycles. The van der Waals surface area contributed by atoms with Gasteiger partial charge in [-0.25, -0.2) is 9.97 Å². The van der Waals surface area contributed by atoms with Crippen molar-refractivity contribution in [1.29, 1.82) is 0 Å². The Morgan fingerprint density at radius 3 is 3.00 bits per heavy atom. The first kappa shape index (κ1) is 17.5. The summed E-state index contributed by atoms with van der Waals surface area (Å²) in [5, 5.41) is 8.25. The zero-order valence-corrected chi connectivity index (χ0v) is 15.2. The molecule has 25 heavy (non-hydrogen) atoms. The molecule has 1 atom stereocenters. The molecular formula is C18H26N6O. The summed E-state index contributed by atoms with van der Waals surface area (Å²) in [6.07, 6.45) is 3.97. The van der Waals surface area contributed by atoms with Crippen LogP contribution in [0.15, 0.2) is 24.4 Å². The van der Waals surface area contributed by atoms with E-state index in [4.69, 9.17) is 4.74 Å². The van der Waals surface area contributed by atoms with Crippen LogP contribution in [0.2, 0.25) is 0 Å². The first-order chi connectivity index (χ1) is 12.2. The highest BCUT2D eigenvalue weighted by Crippen LogP contribution is 2.23. The molecule has 0 saturated carbocycles. The smallest absolute Gasteiger partial charge is 0.156 e. The van der Waals surface area contributed by atoms with Gasteiger partial charge in [-0.2, -0.15) is 5.10 Å². The van der Waals surface area contributed by atoms with Gasteiger partial charge in [0.1, 0.15) is 12.4 Å². The van der Waals surface area contributed by atoms with Gasteiger partial charge < -0.3 is 14.5 Å². The fourth-order valence-corrected chi connectivity index (χ4v) is 3.18. The summed E-state index contributed by atoms with van der Waals surface area (Å²) < 4.78 is 5.46. The molecule has 0 aromatic carbocycles. The number of anilines is 2. The first-order valence-electron chi connectivity index (χ1n) is 8.85. The Morgan fingerprint density at radius 1 is 1.36 bits per heavy atom. The molecule has 0 radical (unpaired) electrons. The van der Waals surface area contributed by atoms with E-state index in [-0.39, 0.29) is 0 Å². The van der Waals surface area contributed by atoms with Gasteiger partial charge in [-0.3, -0.25) is 0 Å². The summed E-state index contributed by atoms with van der Waals surface area (Å²) in [6.45, 7) is 7.03. The second-order valence-corrected chi connectivity index (χ2v) is 6.36. The minimum atomic E-state index is 0.380. The van der Waals surface area contributed by atoms with Crippen LogP contribution in [0, 0.1) is 6.92 Å². The molecular weight excluding hydrogens is 316 g/mol. The summed E-state index contributed by atoms with van der Waals surface area (Å²) >= 11 is 0. The predicted octanol–water partition coefficient (Wildman–Crippen LogP) is 2.22. The van der Waals surface area contributed by atoms with Crippen molar-refractivity contribution in [2.45, 2.75) is 39.3 Å². The number of aromatic nitrogens is 4. The van der Waals surface area contributed by atoms with Crippen molar-refractivity contribution in [2.75, 3.05) is 36.5 Å². The van der Waals surface area contributed by atoms with Gasteiger partial charge in [0.25, 0.3) is 0 Å². The Kier molecular flexibility index (Phi) is 5.75. The maximum atomic E-state index is 5.46. The summed E-state index contributed by atoms with van der Waals surface area (Å²) in [4.78, 5) is 13.7. The van der Waals surface area contributed by atoms with Crippen molar-refractivity contribution >= 4 is 11.6 Å². The Labute approximate surface area is 149 Å². The number of aryl methyl sites for hydroxylation is 1. The zero-order valence-electron chi connectivity index (χ0n) is 15.2. The van der Waals surface area contributed by atoms with E-state index >= 15 is 0 Å². The van der Waals surface area contributed by atoms with Gasteiger partial charge in [0.2, 0.25) is 0 Å². The molecule has 0 aliphatic carbocycles. The quantitative estimate of drug-likeness (QED) is 0.797. The van der Waals surface area contributed by atoms with Crippen LogP contribution in [0.1, 0.15) is 31.3 Å². The summed E-state index contributed by atoms with van der Waals surface area (Å²) in [5.41, 5.74) is 0.966. The van der Waals surface area contributed by atoms with Gasteiger partial charge in [0.15, 0.2) is 11.6 Å². The Hall–Kier alpha value is -2.28. The average molecular weight is 342 g/mol. The molecule has 7 heteroatoms. The van der Waals surface area contributed by atoms with Crippen molar-refractivity contribution < 1.29 is 4.74 Å². The summed E-state index contributed by atoms with van der Waals surface area (Å²) in [7, 11) is 2.11. The van der Waals surface area contributed by atoms with Crippen LogP contribution < -0.4 is 9.80 Å². The molecule has 0 bridgehead atoms. The highest BCUT2D eigenvalue weighted by Gasteiger charge is 2.25. The van der Waals surface area contributed by atoms with Gasteiger partial charge in [0.05, 0.1) is 0 Å². The van der Waals surface area contributed by atoms with E-state index in [0.29, 0.717) is 19.3 Å². The van der Waals surface area contributed by atoms with Crippen molar-refractivity contribution in [1.82, 2.24) is 20.2 Å². The molecule has 2 aromatic rings. The van der Waals surface area contributed by atoms with Crippen LogP contribution >= 0.6 is 0 Å². The summed E-state index contributed by atoms with van der Waals surface area (Å²) in [5.74, 6) is 2.63. The van der Waals surface area contributed by atoms with Crippen molar-refractivity contribution in [3.8, 4) is 0 Å². The van der Waals surface area contributed by atoms with E-state index in [1.54, 1.807) is 6.20 Å². The minimum absolute atomic E-state index is 0.380. The Bertz CT molecular complexity index is 681. The Morgan fingerprint density at radius 2 is 2.24 bits per heavy atom. The lowest BCUT2D eigenvalue weighted by Gasteiger charge is -2.38. The number of nitrogens with zero attached hydrogens (tertiary/aromatic N) is 6. The standard InChI is InChI=1S/C18H26N6O/c1-4-25-13-16-20-14(2)11-18(21-16)23(3)15-7-6-10-24(12-15)17-8-5-9-19-22-17/h5,8-9,11,15H,4,6-7,10,12-13H2,1-3H3. The third-order valence-corrected chi connectivity index (χ3v) is 4.51. The van der Waals surface area contributed by atoms with Crippen LogP contribution in [-0.2, 0) is 11.3 Å². The largest absolute Gasteiger partial charge is 0.374 e. The predicted molar refractivity (Wildman–Crippen MR) is 97.8 cm³/mol. The van der Waals surface area contributed by atoms with Crippen LogP contribution in [0.4, 0.5) is 11.6 Å². The fourth-order valence-electron chi connectivity index (χ4n) is 3.18. The molecule has 0 amide bonds. The molecule has 1 unspecified atom stereocenters. The number of hydrogen-bond donors (Lipinski definition) is 0. The number of likely N-dealkylation sites (N-methyl/N-ethyl adjacent to an activating group) is 1. The van der Waals surface area contributed by atoms with Gasteiger partial charge in [-0.05, 0) is 38.8 Å². The Balaban J connectivity index is 1.73. The van der Waals surface area contributed by atoms with Crippen LogP contribution in [0.5, 0.6) is 0 Å². The van der Waals surface area contributed by atoms with Crippen molar-refractivity contribution in [3.63, 3.8) is 0 Å². The fraction of sp³-hybridized carbons (Fsp3) is 0.556. The van der Waals surface area contributed by atoms with Crippen molar-refractivity contribution in [2.24, 2.45) is 0 Å². The van der Waals surface area contributed by atoms with E-state index < -0.39 is 0 Å². The molecule has 2 aromatic heterocycles. The molecule has 0 N–H and O–H groups in total. The van der Waals surface area contributed by atoms with Crippen LogP contribution in [0.3, 0.4) is 0 Å². The van der Waals surface area contributed by atoms with Gasteiger partial charge in [0, 0.05) is 50.7 Å². The van der Waals surface area contributed by atoms with E-state index in [0.717, 1.165) is 49.1 Å². The topological polar surface area (TPSA) is 67.3 Å². The number of ether oxygens (including phenoxy) is 1. The third-order valence-electron chi connectivity index (χ3n) is 4.51. The SMILES string of the molecule is CCOCc1nc(C)cc(N(C)C2CCCN(c3cccnn3)C2)n1. The summed E-state index contributed by atoms with van der Waals surface area (Å²) in [6, 6.07) is 6.37. The monoisotopic (exact) mass is 342 g/mol. The molecule has 134 valence electrons. The van der Waals surface area contributed by atoms with E-state index in [2.05, 4.69) is 37.0 Å². The second-order valence-electron chi connectivity index (χ2n) is 6.36. The number of rotatable bonds is 6. The third kappa shape index (κ3) is 4.42. The molecule has 1 fully saturated rings. The van der Waals surface area contributed by atoms with E-state index in [9.17, 15) is 0 Å². The van der Waals surface area contributed by atoms with Gasteiger partial charge >= 0.3 is 0 Å². The first-order valence-corrected chi connectivity index (χ1v) is 8.85. The lowest BCUT2D eigenvalue weighted by atomic mass is 10.0. The molecule has 7 nitrogen and oxygen atoms in total. The average Bonchev–Trinajstić information content (AvgIpc) is 2.66. The van der Waals surface area contributed by atoms with Gasteiger partial charge in [-0.1, -0.05) is 0 Å². The zero-order chi connectivity index (χ0) is 17.6. The molecule has 3 heterocycles. The van der Waals surface area contributed by atoms with Crippen LogP contribution in [0.25, 0.3) is 0 Å². The maximum Gasteiger partial charge on any atom is 0.156 e. The second kappa shape index (κ2) is 8.20. The number of hydrogen-bond acceptors (Lipinski definition) is 7. The lowest BCUT2D eigenvalue weighted by Crippen LogP contribution is -2.47. The van der Waals surface area contributed by atoms with E-state index in [1.807, 2.05) is 32.0 Å². The highest BCUT2D eigenvalue weighted by atomic mass is 16.5. The number of piperidine rings is 1. The molecule has 1 aliphatic heterocycles. The van der Waals surface area contributed by atoms with Crippen LogP contribution in [-0.4, -0.2) is 53.0 Å². The molecule has 0 spiro atoms. The van der Waals surface area contributed by atoms with E-state index in [1.165, 1.54) is 0 Å². The lowest BCUT2D eigenvalue weighted by molar-refractivity contribution is 0.128. The maximum absolute atomic E-state index is 5.46. The normalized spacial score (nSPS) is 17.6. The minimum Gasteiger partial charge on any atom is -0.374 e. The van der Waals surface area contributed by atoms with Crippen molar-refractivity contribution in [3.05, 3.63) is 35.9 Å². The highest BCUT2D eigenvalue weighted by molar-refractivity contribution is 5.43.